The molecule has 0 radical (unpaired) electrons. The minimum Gasteiger partial charge on any atom is -0.342 e. The van der Waals surface area contributed by atoms with Gasteiger partial charge in [-0.3, -0.25) is 4.79 Å². The molecule has 1 fully saturated rings. The largest absolute Gasteiger partial charge is 0.342 e. The van der Waals surface area contributed by atoms with Gasteiger partial charge in [0.05, 0.1) is 5.75 Å². The number of hydrogen-bond acceptors (Lipinski definition) is 5. The second kappa shape index (κ2) is 5.60. The van der Waals surface area contributed by atoms with Crippen LogP contribution in [0.25, 0.3) is 0 Å². The molecule has 0 aliphatic carbocycles. The fourth-order valence-electron chi connectivity index (χ4n) is 2.19. The van der Waals surface area contributed by atoms with Gasteiger partial charge in [0.1, 0.15) is 6.33 Å². The van der Waals surface area contributed by atoms with Crippen LogP contribution in [-0.4, -0.2) is 48.0 Å². The van der Waals surface area contributed by atoms with Gasteiger partial charge in [-0.15, -0.1) is 3.89 Å². The molecule has 0 bridgehead atoms. The maximum atomic E-state index is 12.6. The summed E-state index contributed by atoms with van der Waals surface area (Å²) in [6.45, 7) is 0.755. The van der Waals surface area contributed by atoms with Gasteiger partial charge in [0.25, 0.3) is 0 Å². The molecule has 2 heterocycles. The van der Waals surface area contributed by atoms with Gasteiger partial charge in [-0.2, -0.15) is 8.42 Å². The van der Waals surface area contributed by atoms with E-state index in [9.17, 15) is 17.1 Å². The molecule has 8 heteroatoms. The van der Waals surface area contributed by atoms with Gasteiger partial charge in [0, 0.05) is 37.8 Å². The number of carbonyl (C=O) groups excluding carboxylic acids is 1. The topological polar surface area (TPSA) is 80.2 Å². The van der Waals surface area contributed by atoms with Gasteiger partial charge < -0.3 is 4.90 Å². The van der Waals surface area contributed by atoms with Crippen molar-refractivity contribution in [2.24, 2.45) is 5.92 Å². The number of amides is 1. The van der Waals surface area contributed by atoms with Crippen LogP contribution in [0.1, 0.15) is 12.0 Å². The fourth-order valence-corrected chi connectivity index (χ4v) is 2.97. The summed E-state index contributed by atoms with van der Waals surface area (Å²) in [6.07, 6.45) is 5.44. The summed E-state index contributed by atoms with van der Waals surface area (Å²) >= 11 is 0. The molecule has 1 aliphatic rings. The zero-order valence-electron chi connectivity index (χ0n) is 10.2. The number of carbonyl (C=O) groups is 1. The molecule has 1 unspecified atom stereocenters. The van der Waals surface area contributed by atoms with Gasteiger partial charge in [-0.25, -0.2) is 9.97 Å². The first-order valence-electron chi connectivity index (χ1n) is 5.88. The molecule has 1 saturated heterocycles. The van der Waals surface area contributed by atoms with Crippen molar-refractivity contribution >= 4 is 16.1 Å². The lowest BCUT2D eigenvalue weighted by molar-refractivity contribution is -0.127. The van der Waals surface area contributed by atoms with Gasteiger partial charge in [0.15, 0.2) is 0 Å². The predicted octanol–water partition coefficient (Wildman–Crippen LogP) is 0.167. The molecule has 2 rings (SSSR count). The molecule has 19 heavy (non-hydrogen) atoms. The zero-order chi connectivity index (χ0) is 13.9. The summed E-state index contributed by atoms with van der Waals surface area (Å²) in [5, 5.41) is 0. The molecule has 1 aromatic heterocycles. The third-order valence-corrected chi connectivity index (χ3v) is 3.88. The van der Waals surface area contributed by atoms with Crippen LogP contribution in [0.15, 0.2) is 18.7 Å². The van der Waals surface area contributed by atoms with E-state index in [2.05, 4.69) is 9.97 Å². The van der Waals surface area contributed by atoms with E-state index in [1.807, 2.05) is 0 Å². The quantitative estimate of drug-likeness (QED) is 0.721. The van der Waals surface area contributed by atoms with Crippen molar-refractivity contribution < 1.29 is 17.1 Å². The van der Waals surface area contributed by atoms with Crippen LogP contribution in [0.5, 0.6) is 0 Å². The Balaban J connectivity index is 1.87. The average molecular weight is 287 g/mol. The molecule has 0 spiro atoms. The normalized spacial score (nSPS) is 19.9. The summed E-state index contributed by atoms with van der Waals surface area (Å²) < 4.78 is 33.7. The number of hydrogen-bond donors (Lipinski definition) is 0. The number of halogens is 1. The summed E-state index contributed by atoms with van der Waals surface area (Å²) in [4.78, 5) is 21.0. The molecule has 0 N–H and O–H groups in total. The van der Waals surface area contributed by atoms with Crippen molar-refractivity contribution in [3.05, 3.63) is 24.3 Å². The van der Waals surface area contributed by atoms with E-state index in [1.165, 1.54) is 6.33 Å². The molecule has 0 saturated carbocycles. The Kier molecular flexibility index (Phi) is 4.08. The highest BCUT2D eigenvalue weighted by molar-refractivity contribution is 7.86. The zero-order valence-corrected chi connectivity index (χ0v) is 11.0. The van der Waals surface area contributed by atoms with Crippen LogP contribution in [-0.2, 0) is 21.4 Å². The van der Waals surface area contributed by atoms with Crippen LogP contribution >= 0.6 is 0 Å². The first-order chi connectivity index (χ1) is 8.94. The monoisotopic (exact) mass is 287 g/mol. The van der Waals surface area contributed by atoms with Gasteiger partial charge in [-0.1, -0.05) is 0 Å². The minimum atomic E-state index is -4.52. The standard InChI is InChI=1S/C11H14FN3O3S/c12-19(17,18)7-10-3-11(16)15(6-10)2-1-9-4-13-8-14-5-9/h4-5,8,10H,1-3,6-7H2. The van der Waals surface area contributed by atoms with E-state index in [-0.39, 0.29) is 18.9 Å². The summed E-state index contributed by atoms with van der Waals surface area (Å²) in [7, 11) is -4.52. The van der Waals surface area contributed by atoms with Gasteiger partial charge in [-0.05, 0) is 12.0 Å². The maximum absolute atomic E-state index is 12.6. The van der Waals surface area contributed by atoms with Crippen molar-refractivity contribution in [1.82, 2.24) is 14.9 Å². The van der Waals surface area contributed by atoms with Crippen molar-refractivity contribution in [2.45, 2.75) is 12.8 Å². The lowest BCUT2D eigenvalue weighted by atomic mass is 10.1. The number of likely N-dealkylation sites (tertiary alicyclic amines) is 1. The smallest absolute Gasteiger partial charge is 0.302 e. The Morgan fingerprint density at radius 3 is 2.68 bits per heavy atom. The molecule has 0 aromatic carbocycles. The van der Waals surface area contributed by atoms with Crippen LogP contribution < -0.4 is 0 Å². The lowest BCUT2D eigenvalue weighted by Crippen LogP contribution is -2.28. The van der Waals surface area contributed by atoms with Crippen molar-refractivity contribution in [2.75, 3.05) is 18.8 Å². The van der Waals surface area contributed by atoms with Crippen LogP contribution in [0.3, 0.4) is 0 Å². The van der Waals surface area contributed by atoms with Crippen molar-refractivity contribution in [3.63, 3.8) is 0 Å². The van der Waals surface area contributed by atoms with Crippen molar-refractivity contribution in [3.8, 4) is 0 Å². The minimum absolute atomic E-state index is 0.0917. The van der Waals surface area contributed by atoms with E-state index < -0.39 is 21.9 Å². The second-order valence-corrected chi connectivity index (χ2v) is 6.02. The fraction of sp³-hybridized carbons (Fsp3) is 0.545. The first-order valence-corrected chi connectivity index (χ1v) is 7.43. The van der Waals surface area contributed by atoms with Crippen molar-refractivity contribution in [1.29, 1.82) is 0 Å². The number of aromatic nitrogens is 2. The van der Waals surface area contributed by atoms with E-state index in [4.69, 9.17) is 0 Å². The number of nitrogens with zero attached hydrogens (tertiary/aromatic N) is 3. The Hall–Kier alpha value is -1.57. The molecule has 1 aromatic rings. The van der Waals surface area contributed by atoms with Gasteiger partial charge in [0.2, 0.25) is 5.91 Å². The van der Waals surface area contributed by atoms with Crippen LogP contribution in [0, 0.1) is 5.92 Å². The Morgan fingerprint density at radius 2 is 2.05 bits per heavy atom. The first kappa shape index (κ1) is 13.9. The van der Waals surface area contributed by atoms with E-state index >= 15 is 0 Å². The summed E-state index contributed by atoms with van der Waals surface area (Å²) in [5.41, 5.74) is 0.900. The SMILES string of the molecule is O=C1CC(CS(=O)(=O)F)CN1CCc1cncnc1. The maximum Gasteiger partial charge on any atom is 0.302 e. The molecule has 1 aliphatic heterocycles. The average Bonchev–Trinajstić information content (AvgIpc) is 2.66. The molecular formula is C11H14FN3O3S. The highest BCUT2D eigenvalue weighted by atomic mass is 32.3. The van der Waals surface area contributed by atoms with E-state index in [1.54, 1.807) is 17.3 Å². The third kappa shape index (κ3) is 4.23. The molecular weight excluding hydrogens is 273 g/mol. The number of rotatable bonds is 5. The summed E-state index contributed by atoms with van der Waals surface area (Å²) in [5.74, 6) is -1.16. The Morgan fingerprint density at radius 1 is 1.37 bits per heavy atom. The third-order valence-electron chi connectivity index (χ3n) is 3.01. The molecule has 104 valence electrons. The summed E-state index contributed by atoms with van der Waals surface area (Å²) in [6, 6.07) is 0. The highest BCUT2D eigenvalue weighted by Crippen LogP contribution is 2.20. The Bertz CT molecular complexity index is 550. The predicted molar refractivity (Wildman–Crippen MR) is 65.3 cm³/mol. The van der Waals surface area contributed by atoms with E-state index in [0.29, 0.717) is 13.0 Å². The second-order valence-electron chi connectivity index (χ2n) is 4.61. The van der Waals surface area contributed by atoms with Crippen LogP contribution in [0.4, 0.5) is 3.89 Å². The van der Waals surface area contributed by atoms with E-state index in [0.717, 1.165) is 5.56 Å². The highest BCUT2D eigenvalue weighted by Gasteiger charge is 2.32. The lowest BCUT2D eigenvalue weighted by Gasteiger charge is -2.15. The Labute approximate surface area is 110 Å². The molecule has 1 atom stereocenters. The molecule has 6 nitrogen and oxygen atoms in total. The molecule has 1 amide bonds. The van der Waals surface area contributed by atoms with Gasteiger partial charge >= 0.3 is 10.2 Å². The van der Waals surface area contributed by atoms with Crippen LogP contribution in [0.2, 0.25) is 0 Å².